The van der Waals surface area contributed by atoms with Crippen LogP contribution in [-0.4, -0.2) is 24.0 Å². The monoisotopic (exact) mass is 340 g/mol. The second-order valence-electron chi connectivity index (χ2n) is 3.51. The maximum Gasteiger partial charge on any atom is 0.337 e. The number of rotatable bonds is 3. The molecule has 0 aliphatic heterocycles. The summed E-state index contributed by atoms with van der Waals surface area (Å²) in [7, 11) is 1.31. The van der Waals surface area contributed by atoms with Gasteiger partial charge in [-0.15, -0.1) is 11.3 Å². The quantitative estimate of drug-likeness (QED) is 0.872. The summed E-state index contributed by atoms with van der Waals surface area (Å²) in [5, 5.41) is 4.36. The first-order valence-electron chi connectivity index (χ1n) is 5.19. The summed E-state index contributed by atoms with van der Waals surface area (Å²) in [6, 6.07) is 4.79. The highest BCUT2D eigenvalue weighted by Gasteiger charge is 2.12. The number of aromatic nitrogens is 1. The number of hydrogen-bond donors (Lipinski definition) is 1. The average molecular weight is 341 g/mol. The molecule has 0 saturated heterocycles. The van der Waals surface area contributed by atoms with E-state index in [1.807, 2.05) is 0 Å². The van der Waals surface area contributed by atoms with Gasteiger partial charge in [0.1, 0.15) is 5.69 Å². The lowest BCUT2D eigenvalue weighted by Gasteiger charge is -2.07. The summed E-state index contributed by atoms with van der Waals surface area (Å²) in [4.78, 5) is 27.1. The van der Waals surface area contributed by atoms with E-state index in [-0.39, 0.29) is 5.91 Å². The van der Waals surface area contributed by atoms with Crippen molar-refractivity contribution in [2.75, 3.05) is 12.4 Å². The van der Waals surface area contributed by atoms with Crippen molar-refractivity contribution in [1.29, 1.82) is 0 Å². The molecule has 19 heavy (non-hydrogen) atoms. The number of methoxy groups -OCH3 is 1. The summed E-state index contributed by atoms with van der Waals surface area (Å²) in [6.07, 6.45) is 0. The number of amides is 1. The number of nitrogens with one attached hydrogen (secondary N) is 1. The Morgan fingerprint density at radius 3 is 2.79 bits per heavy atom. The second-order valence-corrected chi connectivity index (χ2v) is 5.09. The molecule has 2 rings (SSSR count). The predicted molar refractivity (Wildman–Crippen MR) is 75.5 cm³/mol. The van der Waals surface area contributed by atoms with Gasteiger partial charge in [0, 0.05) is 9.85 Å². The van der Waals surface area contributed by atoms with Crippen LogP contribution in [0.5, 0.6) is 0 Å². The third-order valence-electron chi connectivity index (χ3n) is 2.30. The summed E-state index contributed by atoms with van der Waals surface area (Å²) in [6.45, 7) is 0. The first-order valence-corrected chi connectivity index (χ1v) is 6.93. The van der Waals surface area contributed by atoms with E-state index in [0.29, 0.717) is 21.4 Å². The Morgan fingerprint density at radius 1 is 1.42 bits per heavy atom. The van der Waals surface area contributed by atoms with Crippen LogP contribution in [0.4, 0.5) is 5.69 Å². The highest BCUT2D eigenvalue weighted by atomic mass is 79.9. The summed E-state index contributed by atoms with van der Waals surface area (Å²) in [5.74, 6) is -0.731. The van der Waals surface area contributed by atoms with E-state index in [0.717, 1.165) is 0 Å². The van der Waals surface area contributed by atoms with Crippen LogP contribution in [-0.2, 0) is 4.74 Å². The zero-order valence-corrected chi connectivity index (χ0v) is 12.2. The Balaban J connectivity index is 2.18. The van der Waals surface area contributed by atoms with Crippen molar-refractivity contribution in [2.45, 2.75) is 0 Å². The molecule has 0 aliphatic rings. The number of carbonyl (C=O) groups is 2. The number of carbonyl (C=O) groups excluding carboxylic acids is 2. The molecule has 0 fully saturated rings. The summed E-state index contributed by atoms with van der Waals surface area (Å²) in [5.41, 5.74) is 2.91. The highest BCUT2D eigenvalue weighted by Crippen LogP contribution is 2.24. The van der Waals surface area contributed by atoms with E-state index in [1.165, 1.54) is 18.4 Å². The Labute approximate surface area is 121 Å². The number of hydrogen-bond acceptors (Lipinski definition) is 5. The van der Waals surface area contributed by atoms with Gasteiger partial charge in [0.05, 0.1) is 23.9 Å². The molecule has 0 spiro atoms. The van der Waals surface area contributed by atoms with Gasteiger partial charge < -0.3 is 10.1 Å². The molecular weight excluding hydrogens is 332 g/mol. The van der Waals surface area contributed by atoms with E-state index < -0.39 is 5.97 Å². The highest BCUT2D eigenvalue weighted by molar-refractivity contribution is 9.10. The Bertz CT molecular complexity index is 613. The van der Waals surface area contributed by atoms with Crippen molar-refractivity contribution >= 4 is 44.8 Å². The number of ether oxygens (including phenoxy) is 1. The van der Waals surface area contributed by atoms with Crippen molar-refractivity contribution < 1.29 is 14.3 Å². The summed E-state index contributed by atoms with van der Waals surface area (Å²) < 4.78 is 5.21. The minimum absolute atomic E-state index is 0.298. The van der Waals surface area contributed by atoms with E-state index in [1.54, 1.807) is 29.1 Å². The fourth-order valence-electron chi connectivity index (χ4n) is 1.37. The zero-order chi connectivity index (χ0) is 13.8. The topological polar surface area (TPSA) is 68.3 Å². The minimum atomic E-state index is -0.432. The molecule has 0 aliphatic carbocycles. The molecule has 5 nitrogen and oxygen atoms in total. The van der Waals surface area contributed by atoms with Gasteiger partial charge in [0.15, 0.2) is 0 Å². The van der Waals surface area contributed by atoms with Gasteiger partial charge in [-0.1, -0.05) is 0 Å². The maximum atomic E-state index is 11.8. The number of esters is 1. The zero-order valence-electron chi connectivity index (χ0n) is 9.84. The largest absolute Gasteiger partial charge is 0.465 e. The molecule has 1 heterocycles. The molecule has 0 radical (unpaired) electrons. The van der Waals surface area contributed by atoms with Gasteiger partial charge in [-0.05, 0) is 34.1 Å². The molecule has 1 aromatic heterocycles. The standard InChI is InChI=1S/C12H9BrN2O3S/c1-18-12(17)7-2-3-9(8(13)4-7)15-11(16)10-5-19-6-14-10/h2-6H,1H3,(H,15,16). The van der Waals surface area contributed by atoms with Crippen LogP contribution < -0.4 is 5.32 Å². The van der Waals surface area contributed by atoms with Gasteiger partial charge in [0.25, 0.3) is 5.91 Å². The van der Waals surface area contributed by atoms with Crippen LogP contribution in [0.2, 0.25) is 0 Å². The maximum absolute atomic E-state index is 11.8. The molecule has 1 N–H and O–H groups in total. The van der Waals surface area contributed by atoms with Crippen molar-refractivity contribution in [1.82, 2.24) is 4.98 Å². The molecule has 98 valence electrons. The lowest BCUT2D eigenvalue weighted by Crippen LogP contribution is -2.13. The van der Waals surface area contributed by atoms with Crippen LogP contribution in [0.15, 0.2) is 33.6 Å². The van der Waals surface area contributed by atoms with E-state index >= 15 is 0 Å². The summed E-state index contributed by atoms with van der Waals surface area (Å²) >= 11 is 4.64. The van der Waals surface area contributed by atoms with E-state index in [9.17, 15) is 9.59 Å². The normalized spacial score (nSPS) is 10.0. The van der Waals surface area contributed by atoms with Crippen LogP contribution in [0, 0.1) is 0 Å². The van der Waals surface area contributed by atoms with Crippen LogP contribution in [0.3, 0.4) is 0 Å². The predicted octanol–water partition coefficient (Wildman–Crippen LogP) is 2.94. The van der Waals surface area contributed by atoms with Crippen LogP contribution >= 0.6 is 27.3 Å². The molecule has 1 amide bonds. The smallest absolute Gasteiger partial charge is 0.337 e. The van der Waals surface area contributed by atoms with Gasteiger partial charge in [-0.2, -0.15) is 0 Å². The molecule has 0 atom stereocenters. The van der Waals surface area contributed by atoms with Gasteiger partial charge in [0.2, 0.25) is 0 Å². The van der Waals surface area contributed by atoms with Crippen molar-refractivity contribution in [2.24, 2.45) is 0 Å². The Hall–Kier alpha value is -1.73. The van der Waals surface area contributed by atoms with Gasteiger partial charge in [-0.3, -0.25) is 4.79 Å². The second kappa shape index (κ2) is 5.94. The lowest BCUT2D eigenvalue weighted by atomic mass is 10.2. The molecule has 2 aromatic rings. The number of anilines is 1. The lowest BCUT2D eigenvalue weighted by molar-refractivity contribution is 0.0600. The van der Waals surface area contributed by atoms with Crippen molar-refractivity contribution in [3.63, 3.8) is 0 Å². The number of benzene rings is 1. The third-order valence-corrected chi connectivity index (χ3v) is 3.55. The first kappa shape index (κ1) is 13.7. The number of thiazole rings is 1. The fourth-order valence-corrected chi connectivity index (χ4v) is 2.38. The number of halogens is 1. The molecule has 0 unspecified atom stereocenters. The van der Waals surface area contributed by atoms with Gasteiger partial charge in [-0.25, -0.2) is 9.78 Å². The SMILES string of the molecule is COC(=O)c1ccc(NC(=O)c2cscn2)c(Br)c1. The molecule has 7 heteroatoms. The first-order chi connectivity index (χ1) is 9.11. The van der Waals surface area contributed by atoms with Crippen LogP contribution in [0.25, 0.3) is 0 Å². The van der Waals surface area contributed by atoms with Gasteiger partial charge >= 0.3 is 5.97 Å². The average Bonchev–Trinajstić information content (AvgIpc) is 2.94. The molecule has 0 saturated carbocycles. The van der Waals surface area contributed by atoms with Crippen molar-refractivity contribution in [3.8, 4) is 0 Å². The molecule has 0 bridgehead atoms. The fraction of sp³-hybridized carbons (Fsp3) is 0.0833. The molecular formula is C12H9BrN2O3S. The van der Waals surface area contributed by atoms with Crippen molar-refractivity contribution in [3.05, 3.63) is 44.8 Å². The Morgan fingerprint density at radius 2 is 2.21 bits per heavy atom. The number of nitrogens with zero attached hydrogens (tertiary/aromatic N) is 1. The minimum Gasteiger partial charge on any atom is -0.465 e. The van der Waals surface area contributed by atoms with E-state index in [2.05, 4.69) is 31.0 Å². The van der Waals surface area contributed by atoms with Crippen LogP contribution in [0.1, 0.15) is 20.8 Å². The molecule has 1 aromatic carbocycles. The third kappa shape index (κ3) is 3.18. The van der Waals surface area contributed by atoms with E-state index in [4.69, 9.17) is 0 Å². The Kier molecular flexibility index (Phi) is 4.28.